The van der Waals surface area contributed by atoms with Gasteiger partial charge in [-0.15, -0.1) is 0 Å². The molecule has 152 valence electrons. The summed E-state index contributed by atoms with van der Waals surface area (Å²) in [6, 6.07) is 33.9. The molecule has 0 unspecified atom stereocenters. The number of hydrogen-bond donors (Lipinski definition) is 1. The van der Waals surface area contributed by atoms with E-state index in [-0.39, 0.29) is 0 Å². The standard InChI is InChI=1S/C30H27N/c1-23-8-9-28(22-24(23)2)13-12-27-16-20-30(21-17-27)31-29-18-14-26(15-19-29)11-10-25-6-4-3-5-7-25/h3-22,31H,1-2H3. The van der Waals surface area contributed by atoms with Gasteiger partial charge >= 0.3 is 0 Å². The van der Waals surface area contributed by atoms with Crippen molar-refractivity contribution in [3.05, 3.63) is 130 Å². The monoisotopic (exact) mass is 401 g/mol. The molecule has 0 saturated carbocycles. The van der Waals surface area contributed by atoms with Crippen LogP contribution in [-0.2, 0) is 0 Å². The molecule has 4 rings (SSSR count). The lowest BCUT2D eigenvalue weighted by Gasteiger charge is -2.07. The molecule has 0 atom stereocenters. The average molecular weight is 402 g/mol. The lowest BCUT2D eigenvalue weighted by molar-refractivity contribution is 1.33. The predicted octanol–water partition coefficient (Wildman–Crippen LogP) is 8.39. The number of nitrogens with one attached hydrogen (secondary N) is 1. The summed E-state index contributed by atoms with van der Waals surface area (Å²) >= 11 is 0. The number of benzene rings is 4. The fourth-order valence-corrected chi connectivity index (χ4v) is 3.34. The van der Waals surface area contributed by atoms with Crippen LogP contribution >= 0.6 is 0 Å². The van der Waals surface area contributed by atoms with E-state index in [2.05, 4.69) is 134 Å². The number of aryl methyl sites for hydroxylation is 2. The second kappa shape index (κ2) is 9.77. The Morgan fingerprint density at radius 3 is 1.42 bits per heavy atom. The highest BCUT2D eigenvalue weighted by atomic mass is 14.9. The van der Waals surface area contributed by atoms with Crippen LogP contribution in [0.3, 0.4) is 0 Å². The zero-order valence-electron chi connectivity index (χ0n) is 18.0. The normalized spacial score (nSPS) is 11.3. The molecule has 1 nitrogen and oxygen atoms in total. The molecule has 0 amide bonds. The van der Waals surface area contributed by atoms with Crippen molar-refractivity contribution in [2.24, 2.45) is 0 Å². The van der Waals surface area contributed by atoms with Gasteiger partial charge in [-0.25, -0.2) is 0 Å². The Kier molecular flexibility index (Phi) is 6.44. The molecule has 0 aliphatic rings. The molecular formula is C30H27N. The molecule has 0 aromatic heterocycles. The fraction of sp³-hybridized carbons (Fsp3) is 0.0667. The van der Waals surface area contributed by atoms with Crippen molar-refractivity contribution in [1.82, 2.24) is 0 Å². The van der Waals surface area contributed by atoms with Gasteiger partial charge in [0.25, 0.3) is 0 Å². The van der Waals surface area contributed by atoms with E-state index >= 15 is 0 Å². The van der Waals surface area contributed by atoms with Crippen molar-refractivity contribution < 1.29 is 0 Å². The van der Waals surface area contributed by atoms with Crippen molar-refractivity contribution in [3.63, 3.8) is 0 Å². The summed E-state index contributed by atoms with van der Waals surface area (Å²) in [7, 11) is 0. The van der Waals surface area contributed by atoms with Crippen molar-refractivity contribution in [2.75, 3.05) is 5.32 Å². The maximum absolute atomic E-state index is 3.47. The Hall–Kier alpha value is -3.84. The highest BCUT2D eigenvalue weighted by molar-refractivity contribution is 5.73. The largest absolute Gasteiger partial charge is 0.356 e. The van der Waals surface area contributed by atoms with Crippen LogP contribution in [0.4, 0.5) is 11.4 Å². The minimum absolute atomic E-state index is 1.08. The lowest BCUT2D eigenvalue weighted by atomic mass is 10.1. The summed E-state index contributed by atoms with van der Waals surface area (Å²) in [6.07, 6.45) is 8.58. The van der Waals surface area contributed by atoms with E-state index in [1.807, 2.05) is 6.07 Å². The second-order valence-electron chi connectivity index (χ2n) is 7.79. The third kappa shape index (κ3) is 5.83. The van der Waals surface area contributed by atoms with E-state index in [4.69, 9.17) is 0 Å². The number of hydrogen-bond acceptors (Lipinski definition) is 1. The molecule has 4 aromatic rings. The zero-order valence-corrected chi connectivity index (χ0v) is 18.0. The number of anilines is 2. The third-order valence-corrected chi connectivity index (χ3v) is 5.38. The van der Waals surface area contributed by atoms with Gasteiger partial charge in [0.1, 0.15) is 0 Å². The van der Waals surface area contributed by atoms with Gasteiger partial charge in [-0.3, -0.25) is 0 Å². The van der Waals surface area contributed by atoms with Gasteiger partial charge in [-0.05, 0) is 71.5 Å². The van der Waals surface area contributed by atoms with E-state index in [9.17, 15) is 0 Å². The van der Waals surface area contributed by atoms with Crippen molar-refractivity contribution in [1.29, 1.82) is 0 Å². The minimum Gasteiger partial charge on any atom is -0.356 e. The van der Waals surface area contributed by atoms with Gasteiger partial charge in [0.05, 0.1) is 0 Å². The van der Waals surface area contributed by atoms with Crippen LogP contribution < -0.4 is 5.32 Å². The van der Waals surface area contributed by atoms with E-state index in [1.54, 1.807) is 0 Å². The highest BCUT2D eigenvalue weighted by Gasteiger charge is 1.97. The average Bonchev–Trinajstić information content (AvgIpc) is 2.81. The Balaban J connectivity index is 1.36. The third-order valence-electron chi connectivity index (χ3n) is 5.38. The van der Waals surface area contributed by atoms with E-state index in [0.29, 0.717) is 0 Å². The molecule has 0 aliphatic carbocycles. The highest BCUT2D eigenvalue weighted by Crippen LogP contribution is 2.20. The summed E-state index contributed by atoms with van der Waals surface area (Å²) in [5, 5.41) is 3.47. The Morgan fingerprint density at radius 1 is 0.452 bits per heavy atom. The van der Waals surface area contributed by atoms with Crippen LogP contribution in [0.25, 0.3) is 24.3 Å². The molecule has 0 spiro atoms. The van der Waals surface area contributed by atoms with Crippen LogP contribution in [0.5, 0.6) is 0 Å². The molecule has 1 N–H and O–H groups in total. The van der Waals surface area contributed by atoms with Crippen molar-refractivity contribution >= 4 is 35.7 Å². The molecule has 0 saturated heterocycles. The maximum atomic E-state index is 3.47. The molecule has 0 heterocycles. The first-order valence-corrected chi connectivity index (χ1v) is 10.6. The van der Waals surface area contributed by atoms with Crippen LogP contribution in [0, 0.1) is 13.8 Å². The Bertz CT molecular complexity index is 1180. The van der Waals surface area contributed by atoms with Gasteiger partial charge in [-0.1, -0.05) is 97.1 Å². The van der Waals surface area contributed by atoms with Crippen LogP contribution in [0.1, 0.15) is 33.4 Å². The Labute approximate surface area is 185 Å². The topological polar surface area (TPSA) is 12.0 Å². The van der Waals surface area contributed by atoms with Gasteiger partial charge in [-0.2, -0.15) is 0 Å². The SMILES string of the molecule is Cc1ccc(C=Cc2ccc(Nc3ccc(C=Cc4ccccc4)cc3)cc2)cc1C. The van der Waals surface area contributed by atoms with E-state index in [0.717, 1.165) is 11.4 Å². The summed E-state index contributed by atoms with van der Waals surface area (Å²) < 4.78 is 0. The zero-order chi connectivity index (χ0) is 21.5. The van der Waals surface area contributed by atoms with Crippen molar-refractivity contribution in [3.8, 4) is 0 Å². The van der Waals surface area contributed by atoms with Crippen LogP contribution in [0.2, 0.25) is 0 Å². The molecule has 0 fully saturated rings. The number of rotatable bonds is 6. The van der Waals surface area contributed by atoms with Crippen LogP contribution in [-0.4, -0.2) is 0 Å². The molecular weight excluding hydrogens is 374 g/mol. The van der Waals surface area contributed by atoms with Crippen molar-refractivity contribution in [2.45, 2.75) is 13.8 Å². The first-order chi connectivity index (χ1) is 15.2. The van der Waals surface area contributed by atoms with Gasteiger partial charge in [0, 0.05) is 11.4 Å². The van der Waals surface area contributed by atoms with E-state index in [1.165, 1.54) is 33.4 Å². The molecule has 31 heavy (non-hydrogen) atoms. The first kappa shape index (κ1) is 20.4. The lowest BCUT2D eigenvalue weighted by Crippen LogP contribution is -1.90. The summed E-state index contributed by atoms with van der Waals surface area (Å²) in [5.74, 6) is 0. The second-order valence-corrected chi connectivity index (χ2v) is 7.79. The van der Waals surface area contributed by atoms with Gasteiger partial charge < -0.3 is 5.32 Å². The molecule has 4 aromatic carbocycles. The van der Waals surface area contributed by atoms with Crippen LogP contribution in [0.15, 0.2) is 97.1 Å². The predicted molar refractivity (Wildman–Crippen MR) is 136 cm³/mol. The smallest absolute Gasteiger partial charge is 0.0384 e. The quantitative estimate of drug-likeness (QED) is 0.320. The molecule has 0 radical (unpaired) electrons. The molecule has 0 bridgehead atoms. The first-order valence-electron chi connectivity index (χ1n) is 10.6. The summed E-state index contributed by atoms with van der Waals surface area (Å²) in [6.45, 7) is 4.29. The summed E-state index contributed by atoms with van der Waals surface area (Å²) in [4.78, 5) is 0. The molecule has 1 heteroatoms. The van der Waals surface area contributed by atoms with E-state index < -0.39 is 0 Å². The van der Waals surface area contributed by atoms with Gasteiger partial charge in [0.2, 0.25) is 0 Å². The maximum Gasteiger partial charge on any atom is 0.0384 e. The van der Waals surface area contributed by atoms with Gasteiger partial charge in [0.15, 0.2) is 0 Å². The summed E-state index contributed by atoms with van der Waals surface area (Å²) in [5.41, 5.74) is 9.61. The fourth-order valence-electron chi connectivity index (χ4n) is 3.34. The minimum atomic E-state index is 1.08. The Morgan fingerprint density at radius 2 is 0.903 bits per heavy atom. The molecule has 0 aliphatic heterocycles.